The summed E-state index contributed by atoms with van der Waals surface area (Å²) in [4.78, 5) is 14.9. The lowest BCUT2D eigenvalue weighted by Crippen LogP contribution is -2.40. The van der Waals surface area contributed by atoms with Gasteiger partial charge in [-0.05, 0) is 50.4 Å². The van der Waals surface area contributed by atoms with E-state index in [-0.39, 0.29) is 11.8 Å². The van der Waals surface area contributed by atoms with E-state index in [1.54, 1.807) is 0 Å². The standard InChI is InChI=1S/C18H26N2O2/c21-18(19-9-12-20-10-4-1-5-11-20)16-8-13-22-17-7-3-2-6-15(17)14-16/h2-3,6-7,16H,1,4-5,8-14H2,(H,19,21)/t16-/m1/s1. The van der Waals surface area contributed by atoms with Crippen molar-refractivity contribution in [2.24, 2.45) is 5.92 Å². The minimum Gasteiger partial charge on any atom is -0.493 e. The molecule has 0 bridgehead atoms. The molecule has 1 aromatic rings. The summed E-state index contributed by atoms with van der Waals surface area (Å²) >= 11 is 0. The van der Waals surface area contributed by atoms with Crippen LogP contribution >= 0.6 is 0 Å². The van der Waals surface area contributed by atoms with Crippen LogP contribution in [-0.4, -0.2) is 43.6 Å². The van der Waals surface area contributed by atoms with E-state index in [9.17, 15) is 4.79 Å². The molecule has 0 spiro atoms. The first-order valence-electron chi connectivity index (χ1n) is 8.54. The zero-order valence-electron chi connectivity index (χ0n) is 13.2. The van der Waals surface area contributed by atoms with Gasteiger partial charge in [0.15, 0.2) is 0 Å². The fourth-order valence-corrected chi connectivity index (χ4v) is 3.38. The van der Waals surface area contributed by atoms with Crippen LogP contribution in [0.3, 0.4) is 0 Å². The van der Waals surface area contributed by atoms with Gasteiger partial charge in [0.05, 0.1) is 6.61 Å². The lowest BCUT2D eigenvalue weighted by Gasteiger charge is -2.26. The van der Waals surface area contributed by atoms with Crippen LogP contribution in [0.1, 0.15) is 31.2 Å². The molecule has 1 saturated heterocycles. The molecular weight excluding hydrogens is 276 g/mol. The van der Waals surface area contributed by atoms with Crippen molar-refractivity contribution < 1.29 is 9.53 Å². The Hall–Kier alpha value is -1.55. The number of fused-ring (bicyclic) bond motifs is 1. The monoisotopic (exact) mass is 302 g/mol. The summed E-state index contributed by atoms with van der Waals surface area (Å²) in [5, 5.41) is 3.12. The van der Waals surface area contributed by atoms with Gasteiger partial charge in [0.25, 0.3) is 0 Å². The third-order valence-electron chi connectivity index (χ3n) is 4.71. The molecule has 0 saturated carbocycles. The summed E-state index contributed by atoms with van der Waals surface area (Å²) in [7, 11) is 0. The van der Waals surface area contributed by atoms with E-state index in [0.29, 0.717) is 6.61 Å². The predicted octanol–water partition coefficient (Wildman–Crippen LogP) is 2.23. The Morgan fingerprint density at radius 1 is 1.23 bits per heavy atom. The van der Waals surface area contributed by atoms with E-state index in [1.165, 1.54) is 32.4 Å². The van der Waals surface area contributed by atoms with E-state index in [0.717, 1.165) is 37.2 Å². The molecule has 0 aliphatic carbocycles. The molecule has 4 nitrogen and oxygen atoms in total. The SMILES string of the molecule is O=C(NCCN1CCCCC1)[C@@H]1CCOc2ccccc2C1. The number of carbonyl (C=O) groups excluding carboxylic acids is 1. The van der Waals surface area contributed by atoms with Gasteiger partial charge in [0, 0.05) is 19.0 Å². The van der Waals surface area contributed by atoms with Crippen molar-refractivity contribution in [1.29, 1.82) is 0 Å². The maximum Gasteiger partial charge on any atom is 0.223 e. The fraction of sp³-hybridized carbons (Fsp3) is 0.611. The van der Waals surface area contributed by atoms with Gasteiger partial charge in [-0.15, -0.1) is 0 Å². The Morgan fingerprint density at radius 2 is 2.05 bits per heavy atom. The van der Waals surface area contributed by atoms with E-state index in [4.69, 9.17) is 4.74 Å². The van der Waals surface area contributed by atoms with Crippen LogP contribution in [0.4, 0.5) is 0 Å². The van der Waals surface area contributed by atoms with E-state index >= 15 is 0 Å². The lowest BCUT2D eigenvalue weighted by atomic mass is 9.96. The first-order chi connectivity index (χ1) is 10.8. The largest absolute Gasteiger partial charge is 0.493 e. The Labute approximate surface area is 132 Å². The van der Waals surface area contributed by atoms with Gasteiger partial charge in [0.2, 0.25) is 5.91 Å². The summed E-state index contributed by atoms with van der Waals surface area (Å²) in [5.41, 5.74) is 1.15. The van der Waals surface area contributed by atoms with Crippen LogP contribution in [0.15, 0.2) is 24.3 Å². The third kappa shape index (κ3) is 4.01. The van der Waals surface area contributed by atoms with Crippen LogP contribution in [-0.2, 0) is 11.2 Å². The predicted molar refractivity (Wildman–Crippen MR) is 87.0 cm³/mol. The summed E-state index contributed by atoms with van der Waals surface area (Å²) in [5.74, 6) is 1.15. The number of carbonyl (C=O) groups is 1. The van der Waals surface area contributed by atoms with Crippen molar-refractivity contribution >= 4 is 5.91 Å². The number of benzene rings is 1. The van der Waals surface area contributed by atoms with Crippen LogP contribution in [0, 0.1) is 5.92 Å². The molecule has 2 heterocycles. The molecule has 1 N–H and O–H groups in total. The van der Waals surface area contributed by atoms with Crippen LogP contribution in [0.25, 0.3) is 0 Å². The second-order valence-corrected chi connectivity index (χ2v) is 6.34. The fourth-order valence-electron chi connectivity index (χ4n) is 3.38. The molecule has 3 rings (SSSR count). The van der Waals surface area contributed by atoms with Crippen molar-refractivity contribution in [1.82, 2.24) is 10.2 Å². The van der Waals surface area contributed by atoms with Crippen molar-refractivity contribution in [3.63, 3.8) is 0 Å². The zero-order valence-corrected chi connectivity index (χ0v) is 13.2. The van der Waals surface area contributed by atoms with Gasteiger partial charge < -0.3 is 15.0 Å². The first kappa shape index (κ1) is 15.3. The van der Waals surface area contributed by atoms with Crippen molar-refractivity contribution in [2.45, 2.75) is 32.1 Å². The van der Waals surface area contributed by atoms with Crippen molar-refractivity contribution in [2.75, 3.05) is 32.8 Å². The summed E-state index contributed by atoms with van der Waals surface area (Å²) in [6, 6.07) is 8.05. The van der Waals surface area contributed by atoms with E-state index < -0.39 is 0 Å². The van der Waals surface area contributed by atoms with Gasteiger partial charge >= 0.3 is 0 Å². The summed E-state index contributed by atoms with van der Waals surface area (Å²) in [6.45, 7) is 4.73. The normalized spacial score (nSPS) is 22.3. The highest BCUT2D eigenvalue weighted by Crippen LogP contribution is 2.26. The molecule has 1 aromatic carbocycles. The Balaban J connectivity index is 1.47. The average Bonchev–Trinajstić information content (AvgIpc) is 2.78. The molecule has 120 valence electrons. The maximum absolute atomic E-state index is 12.4. The van der Waals surface area contributed by atoms with Gasteiger partial charge in [-0.1, -0.05) is 24.6 Å². The number of piperidine rings is 1. The minimum absolute atomic E-state index is 0.0324. The molecule has 1 atom stereocenters. The quantitative estimate of drug-likeness (QED) is 0.927. The number of nitrogens with zero attached hydrogens (tertiary/aromatic N) is 1. The van der Waals surface area contributed by atoms with E-state index in [2.05, 4.69) is 16.3 Å². The number of likely N-dealkylation sites (tertiary alicyclic amines) is 1. The van der Waals surface area contributed by atoms with Crippen LogP contribution in [0.2, 0.25) is 0 Å². The molecule has 0 unspecified atom stereocenters. The number of rotatable bonds is 4. The second kappa shape index (κ2) is 7.63. The summed E-state index contributed by atoms with van der Waals surface area (Å²) in [6.07, 6.45) is 5.52. The number of para-hydroxylation sites is 1. The molecule has 22 heavy (non-hydrogen) atoms. The molecule has 4 heteroatoms. The molecule has 1 amide bonds. The molecule has 0 aromatic heterocycles. The van der Waals surface area contributed by atoms with Gasteiger partial charge in [-0.3, -0.25) is 4.79 Å². The lowest BCUT2D eigenvalue weighted by molar-refractivity contribution is -0.125. The van der Waals surface area contributed by atoms with Crippen molar-refractivity contribution in [3.8, 4) is 5.75 Å². The first-order valence-corrected chi connectivity index (χ1v) is 8.54. The number of hydrogen-bond donors (Lipinski definition) is 1. The van der Waals surface area contributed by atoms with Gasteiger partial charge in [-0.2, -0.15) is 0 Å². The number of amides is 1. The maximum atomic E-state index is 12.4. The molecule has 1 fully saturated rings. The van der Waals surface area contributed by atoms with Gasteiger partial charge in [0.1, 0.15) is 5.75 Å². The van der Waals surface area contributed by atoms with E-state index in [1.807, 2.05) is 18.2 Å². The van der Waals surface area contributed by atoms with Crippen molar-refractivity contribution in [3.05, 3.63) is 29.8 Å². The molecule has 2 aliphatic rings. The minimum atomic E-state index is 0.0324. The average molecular weight is 302 g/mol. The number of hydrogen-bond acceptors (Lipinski definition) is 3. The van der Waals surface area contributed by atoms with Gasteiger partial charge in [-0.25, -0.2) is 0 Å². The highest BCUT2D eigenvalue weighted by atomic mass is 16.5. The summed E-state index contributed by atoms with van der Waals surface area (Å²) < 4.78 is 5.74. The molecule has 2 aliphatic heterocycles. The third-order valence-corrected chi connectivity index (χ3v) is 4.71. The molecular formula is C18H26N2O2. The topological polar surface area (TPSA) is 41.6 Å². The Bertz CT molecular complexity index is 498. The Kier molecular flexibility index (Phi) is 5.33. The number of ether oxygens (including phenoxy) is 1. The highest BCUT2D eigenvalue weighted by molar-refractivity contribution is 5.79. The Morgan fingerprint density at radius 3 is 2.91 bits per heavy atom. The van der Waals surface area contributed by atoms with Crippen LogP contribution in [0.5, 0.6) is 5.75 Å². The second-order valence-electron chi connectivity index (χ2n) is 6.34. The van der Waals surface area contributed by atoms with Crippen LogP contribution < -0.4 is 10.1 Å². The smallest absolute Gasteiger partial charge is 0.223 e. The number of nitrogens with one attached hydrogen (secondary N) is 1. The highest BCUT2D eigenvalue weighted by Gasteiger charge is 2.23. The zero-order chi connectivity index (χ0) is 15.2. The molecule has 0 radical (unpaired) electrons.